The Bertz CT molecular complexity index is 287. The van der Waals surface area contributed by atoms with Gasteiger partial charge in [-0.2, -0.15) is 0 Å². The zero-order valence-electron chi connectivity index (χ0n) is 8.23. The van der Waals surface area contributed by atoms with E-state index in [1.807, 2.05) is 18.2 Å². The minimum Gasteiger partial charge on any atom is -0.304 e. The third kappa shape index (κ3) is 3.07. The molecule has 0 heterocycles. The maximum atomic E-state index is 11.2. The summed E-state index contributed by atoms with van der Waals surface area (Å²) in [6.07, 6.45) is 2.05. The summed E-state index contributed by atoms with van der Waals surface area (Å²) in [5, 5.41) is -0.210. The van der Waals surface area contributed by atoms with Crippen LogP contribution in [0.2, 0.25) is 0 Å². The molecule has 0 atom stereocenters. The fraction of sp³-hybridized carbons (Fsp3) is 0.364. The second-order valence-electron chi connectivity index (χ2n) is 3.05. The van der Waals surface area contributed by atoms with E-state index in [1.54, 1.807) is 11.0 Å². The normalized spacial score (nSPS) is 9.86. The summed E-state index contributed by atoms with van der Waals surface area (Å²) in [6, 6.07) is 10.3. The van der Waals surface area contributed by atoms with Gasteiger partial charge in [-0.15, -0.1) is 0 Å². The Morgan fingerprint density at radius 2 is 2.43 bits per heavy atom. The largest absolute Gasteiger partial charge is 0.304 e. The number of rotatable bonds is 4. The number of carbonyl (C=O) groups excluding carboxylic acids is 1. The first-order valence-corrected chi connectivity index (χ1v) is 5.17. The van der Waals surface area contributed by atoms with Crippen LogP contribution >= 0.6 is 12.6 Å². The van der Waals surface area contributed by atoms with Crippen LogP contribution in [0.25, 0.3) is 0 Å². The molecule has 1 amide bonds. The van der Waals surface area contributed by atoms with Gasteiger partial charge in [0.2, 0.25) is 0 Å². The van der Waals surface area contributed by atoms with E-state index in [0.717, 1.165) is 25.1 Å². The monoisotopic (exact) mass is 208 g/mol. The molecular formula is C11H14NOS. The summed E-state index contributed by atoms with van der Waals surface area (Å²) in [4.78, 5) is 12.9. The third-order valence-corrected chi connectivity index (χ3v) is 2.21. The first-order valence-electron chi connectivity index (χ1n) is 4.72. The van der Waals surface area contributed by atoms with Gasteiger partial charge in [-0.05, 0) is 24.6 Å². The van der Waals surface area contributed by atoms with Crippen LogP contribution in [-0.2, 0) is 0 Å². The topological polar surface area (TPSA) is 20.3 Å². The molecule has 0 N–H and O–H groups in total. The van der Waals surface area contributed by atoms with Gasteiger partial charge in [-0.3, -0.25) is 4.79 Å². The number of anilines is 1. The molecule has 0 fully saturated rings. The molecule has 14 heavy (non-hydrogen) atoms. The van der Waals surface area contributed by atoms with Crippen LogP contribution in [0.3, 0.4) is 0 Å². The zero-order chi connectivity index (χ0) is 10.4. The van der Waals surface area contributed by atoms with Crippen LogP contribution in [-0.4, -0.2) is 11.8 Å². The van der Waals surface area contributed by atoms with Crippen LogP contribution in [0.5, 0.6) is 0 Å². The van der Waals surface area contributed by atoms with Crippen molar-refractivity contribution in [3.63, 3.8) is 0 Å². The summed E-state index contributed by atoms with van der Waals surface area (Å²) < 4.78 is 0. The highest BCUT2D eigenvalue weighted by Crippen LogP contribution is 2.15. The van der Waals surface area contributed by atoms with E-state index >= 15 is 0 Å². The number of unbranched alkanes of at least 4 members (excludes halogenated alkanes) is 1. The molecule has 0 aliphatic carbocycles. The summed E-state index contributed by atoms with van der Waals surface area (Å²) in [5.41, 5.74) is 0.862. The summed E-state index contributed by atoms with van der Waals surface area (Å²) >= 11 is 3.85. The number of hydrogen-bond acceptors (Lipinski definition) is 1. The molecular weight excluding hydrogens is 194 g/mol. The number of hydrogen-bond donors (Lipinski definition) is 1. The maximum absolute atomic E-state index is 11.2. The average molecular weight is 208 g/mol. The molecule has 2 nitrogen and oxygen atoms in total. The van der Waals surface area contributed by atoms with Crippen molar-refractivity contribution in [2.75, 3.05) is 11.4 Å². The van der Waals surface area contributed by atoms with Gasteiger partial charge in [0.15, 0.2) is 0 Å². The Kier molecular flexibility index (Phi) is 4.53. The number of nitrogens with zero attached hydrogens (tertiary/aromatic N) is 1. The summed E-state index contributed by atoms with van der Waals surface area (Å²) in [6.45, 7) is 2.81. The van der Waals surface area contributed by atoms with E-state index in [9.17, 15) is 4.79 Å². The molecule has 0 bridgehead atoms. The van der Waals surface area contributed by atoms with E-state index < -0.39 is 0 Å². The van der Waals surface area contributed by atoms with Gasteiger partial charge in [-0.25, -0.2) is 0 Å². The van der Waals surface area contributed by atoms with Crippen molar-refractivity contribution in [3.05, 3.63) is 30.3 Å². The smallest absolute Gasteiger partial charge is 0.282 e. The molecule has 0 aliphatic rings. The molecule has 1 radical (unpaired) electrons. The summed E-state index contributed by atoms with van der Waals surface area (Å²) in [7, 11) is 0. The molecule has 1 aromatic carbocycles. The Hall–Kier alpha value is -0.960. The van der Waals surface area contributed by atoms with E-state index in [-0.39, 0.29) is 5.24 Å². The number of thiol groups is 1. The molecule has 0 spiro atoms. The molecule has 1 rings (SSSR count). The highest BCUT2D eigenvalue weighted by Gasteiger charge is 2.10. The van der Waals surface area contributed by atoms with Crippen molar-refractivity contribution in [2.24, 2.45) is 0 Å². The highest BCUT2D eigenvalue weighted by molar-refractivity contribution is 7.96. The lowest BCUT2D eigenvalue weighted by atomic mass is 10.2. The van der Waals surface area contributed by atoms with Crippen LogP contribution in [0.4, 0.5) is 10.5 Å². The maximum Gasteiger partial charge on any atom is 0.282 e. The van der Waals surface area contributed by atoms with E-state index in [2.05, 4.69) is 25.6 Å². The van der Waals surface area contributed by atoms with E-state index in [1.165, 1.54) is 0 Å². The van der Waals surface area contributed by atoms with Crippen molar-refractivity contribution in [2.45, 2.75) is 19.8 Å². The average Bonchev–Trinajstić information content (AvgIpc) is 2.19. The standard InChI is InChI=1S/C11H14NOS/c1-2-3-9-12(11(13)14)10-7-5-4-6-8-10/h4-5,7-8H,2-3,9H2,1H3,(H,13,14). The molecule has 3 heteroatoms. The van der Waals surface area contributed by atoms with Gasteiger partial charge < -0.3 is 4.90 Å². The molecule has 0 unspecified atom stereocenters. The van der Waals surface area contributed by atoms with Gasteiger partial charge in [0.25, 0.3) is 5.24 Å². The predicted octanol–water partition coefficient (Wildman–Crippen LogP) is 3.14. The number of amides is 1. The van der Waals surface area contributed by atoms with Crippen molar-refractivity contribution < 1.29 is 4.79 Å². The van der Waals surface area contributed by atoms with Gasteiger partial charge in [0.05, 0.1) is 0 Å². The van der Waals surface area contributed by atoms with Crippen LogP contribution in [0.1, 0.15) is 19.8 Å². The molecule has 0 saturated carbocycles. The molecule has 0 saturated heterocycles. The Morgan fingerprint density at radius 3 is 2.93 bits per heavy atom. The Labute approximate surface area is 90.3 Å². The first kappa shape index (κ1) is 11.1. The van der Waals surface area contributed by atoms with Gasteiger partial charge in [0, 0.05) is 12.2 Å². The second-order valence-corrected chi connectivity index (χ2v) is 3.43. The first-order chi connectivity index (χ1) is 6.75. The van der Waals surface area contributed by atoms with Crippen molar-refractivity contribution >= 4 is 23.6 Å². The molecule has 1 aromatic rings. The van der Waals surface area contributed by atoms with Crippen LogP contribution in [0, 0.1) is 6.07 Å². The Morgan fingerprint density at radius 1 is 1.64 bits per heavy atom. The minimum atomic E-state index is -0.210. The summed E-state index contributed by atoms with van der Waals surface area (Å²) in [5.74, 6) is 0. The van der Waals surface area contributed by atoms with Crippen molar-refractivity contribution in [1.82, 2.24) is 0 Å². The van der Waals surface area contributed by atoms with Crippen LogP contribution in [0.15, 0.2) is 24.3 Å². The zero-order valence-corrected chi connectivity index (χ0v) is 9.13. The van der Waals surface area contributed by atoms with Gasteiger partial charge >= 0.3 is 0 Å². The minimum absolute atomic E-state index is 0.210. The number of benzene rings is 1. The SMILES string of the molecule is CCCCN(C(=O)S)c1c[c]ccc1. The fourth-order valence-electron chi connectivity index (χ4n) is 1.20. The Balaban J connectivity index is 2.73. The van der Waals surface area contributed by atoms with Crippen LogP contribution < -0.4 is 4.90 Å². The van der Waals surface area contributed by atoms with Crippen molar-refractivity contribution in [1.29, 1.82) is 0 Å². The number of carbonyl (C=O) groups is 1. The van der Waals surface area contributed by atoms with E-state index in [0.29, 0.717) is 0 Å². The van der Waals surface area contributed by atoms with Gasteiger partial charge in [-0.1, -0.05) is 38.1 Å². The highest BCUT2D eigenvalue weighted by atomic mass is 32.1. The molecule has 0 aromatic heterocycles. The fourth-order valence-corrected chi connectivity index (χ4v) is 1.42. The van der Waals surface area contributed by atoms with Gasteiger partial charge in [0.1, 0.15) is 0 Å². The van der Waals surface area contributed by atoms with E-state index in [4.69, 9.17) is 0 Å². The molecule has 75 valence electrons. The molecule has 0 aliphatic heterocycles. The van der Waals surface area contributed by atoms with Crippen molar-refractivity contribution in [3.8, 4) is 0 Å². The predicted molar refractivity (Wildman–Crippen MR) is 61.9 cm³/mol. The third-order valence-electron chi connectivity index (χ3n) is 1.97. The lowest BCUT2D eigenvalue weighted by Crippen LogP contribution is -2.26. The lowest BCUT2D eigenvalue weighted by Gasteiger charge is -2.19. The lowest BCUT2D eigenvalue weighted by molar-refractivity contribution is 0.265. The second kappa shape index (κ2) is 5.70. The quantitative estimate of drug-likeness (QED) is 0.754.